The second-order valence-corrected chi connectivity index (χ2v) is 5.99. The molecule has 0 spiro atoms. The second-order valence-electron chi connectivity index (χ2n) is 5.99. The molecule has 1 atom stereocenters. The highest BCUT2D eigenvalue weighted by molar-refractivity contribution is 5.97. The number of methoxy groups -OCH3 is 1. The number of anilines is 1. The topological polar surface area (TPSA) is 81.0 Å². The molecule has 2 amide bonds. The highest BCUT2D eigenvalue weighted by Crippen LogP contribution is 2.32. The van der Waals surface area contributed by atoms with E-state index in [1.807, 2.05) is 0 Å². The standard InChI is InChI=1S/C18H18F2N2O5/c1-25-14-5-4-12(8-15(14)27-18(19)20)21-17(24)11-7-16(23)22(9-11)10-13-3-2-6-26-13/h2-6,8,11,18H,7,9-10H2,1H3,(H,21,24)/t11-/m1/s1. The molecular formula is C18H18F2N2O5. The van der Waals surface area contributed by atoms with Crippen LogP contribution in [-0.4, -0.2) is 37.0 Å². The van der Waals surface area contributed by atoms with Gasteiger partial charge in [0.1, 0.15) is 5.76 Å². The number of hydrogen-bond acceptors (Lipinski definition) is 5. The Morgan fingerprint density at radius 1 is 1.37 bits per heavy atom. The summed E-state index contributed by atoms with van der Waals surface area (Å²) in [6.45, 7) is -2.47. The molecule has 2 heterocycles. The van der Waals surface area contributed by atoms with Crippen LogP contribution in [0.25, 0.3) is 0 Å². The van der Waals surface area contributed by atoms with Crippen LogP contribution in [0.3, 0.4) is 0 Å². The fraction of sp³-hybridized carbons (Fsp3) is 0.333. The maximum atomic E-state index is 12.5. The average Bonchev–Trinajstić information content (AvgIpc) is 3.25. The van der Waals surface area contributed by atoms with Crippen LogP contribution in [0.15, 0.2) is 41.0 Å². The van der Waals surface area contributed by atoms with Crippen molar-refractivity contribution in [1.82, 2.24) is 4.90 Å². The summed E-state index contributed by atoms with van der Waals surface area (Å²) in [5.74, 6) is -0.509. The molecule has 0 unspecified atom stereocenters. The SMILES string of the molecule is COc1ccc(NC(=O)[C@@H]2CC(=O)N(Cc3ccco3)C2)cc1OC(F)F. The Kier molecular flexibility index (Phi) is 5.58. The summed E-state index contributed by atoms with van der Waals surface area (Å²) in [6, 6.07) is 7.65. The Bertz CT molecular complexity index is 810. The number of likely N-dealkylation sites (tertiary alicyclic amines) is 1. The maximum absolute atomic E-state index is 12.5. The molecule has 0 saturated carbocycles. The molecule has 1 N–H and O–H groups in total. The van der Waals surface area contributed by atoms with Gasteiger partial charge in [-0.05, 0) is 24.3 Å². The van der Waals surface area contributed by atoms with Crippen LogP contribution in [0.4, 0.5) is 14.5 Å². The van der Waals surface area contributed by atoms with Crippen LogP contribution in [0.2, 0.25) is 0 Å². The van der Waals surface area contributed by atoms with Gasteiger partial charge in [0.05, 0.1) is 25.8 Å². The third-order valence-electron chi connectivity index (χ3n) is 4.16. The van der Waals surface area contributed by atoms with Crippen molar-refractivity contribution in [3.05, 3.63) is 42.4 Å². The smallest absolute Gasteiger partial charge is 0.387 e. The van der Waals surface area contributed by atoms with Crippen LogP contribution < -0.4 is 14.8 Å². The first-order chi connectivity index (χ1) is 13.0. The van der Waals surface area contributed by atoms with Gasteiger partial charge in [-0.1, -0.05) is 0 Å². The summed E-state index contributed by atoms with van der Waals surface area (Å²) in [5, 5.41) is 2.63. The molecule has 0 radical (unpaired) electrons. The summed E-state index contributed by atoms with van der Waals surface area (Å²) in [6.07, 6.45) is 1.59. The zero-order chi connectivity index (χ0) is 19.4. The summed E-state index contributed by atoms with van der Waals surface area (Å²) >= 11 is 0. The van der Waals surface area contributed by atoms with E-state index in [4.69, 9.17) is 9.15 Å². The first-order valence-corrected chi connectivity index (χ1v) is 8.20. The Morgan fingerprint density at radius 3 is 2.85 bits per heavy atom. The molecule has 1 aliphatic heterocycles. The molecule has 9 heteroatoms. The van der Waals surface area contributed by atoms with Crippen molar-refractivity contribution in [3.63, 3.8) is 0 Å². The number of nitrogens with one attached hydrogen (secondary N) is 1. The minimum absolute atomic E-state index is 0.0725. The quantitative estimate of drug-likeness (QED) is 0.799. The molecule has 1 aliphatic rings. The van der Waals surface area contributed by atoms with Gasteiger partial charge in [0.2, 0.25) is 11.8 Å². The summed E-state index contributed by atoms with van der Waals surface area (Å²) < 4.78 is 39.6. The Hall–Kier alpha value is -3.10. The monoisotopic (exact) mass is 380 g/mol. The number of ether oxygens (including phenoxy) is 2. The first kappa shape index (κ1) is 18.7. The van der Waals surface area contributed by atoms with Gasteiger partial charge in [-0.25, -0.2) is 0 Å². The van der Waals surface area contributed by atoms with Gasteiger partial charge >= 0.3 is 6.61 Å². The Labute approximate surface area is 153 Å². The summed E-state index contributed by atoms with van der Waals surface area (Å²) in [5.41, 5.74) is 0.272. The molecule has 7 nitrogen and oxygen atoms in total. The van der Waals surface area contributed by atoms with Crippen LogP contribution >= 0.6 is 0 Å². The third kappa shape index (κ3) is 4.55. The van der Waals surface area contributed by atoms with Crippen LogP contribution in [-0.2, 0) is 16.1 Å². The predicted octanol–water partition coefficient (Wildman–Crippen LogP) is 2.88. The number of nitrogens with zero attached hydrogens (tertiary/aromatic N) is 1. The number of rotatable bonds is 7. The molecule has 1 saturated heterocycles. The van der Waals surface area contributed by atoms with Crippen LogP contribution in [0.5, 0.6) is 11.5 Å². The molecule has 144 valence electrons. The fourth-order valence-electron chi connectivity index (χ4n) is 2.88. The van der Waals surface area contributed by atoms with Crippen molar-refractivity contribution in [1.29, 1.82) is 0 Å². The van der Waals surface area contributed by atoms with E-state index in [-0.39, 0.29) is 42.0 Å². The fourth-order valence-corrected chi connectivity index (χ4v) is 2.88. The summed E-state index contributed by atoms with van der Waals surface area (Å²) in [4.78, 5) is 26.1. The number of benzene rings is 1. The molecule has 27 heavy (non-hydrogen) atoms. The lowest BCUT2D eigenvalue weighted by molar-refractivity contribution is -0.128. The molecule has 0 bridgehead atoms. The second kappa shape index (κ2) is 8.07. The van der Waals surface area contributed by atoms with Gasteiger partial charge in [-0.15, -0.1) is 0 Å². The van der Waals surface area contributed by atoms with Crippen molar-refractivity contribution >= 4 is 17.5 Å². The normalized spacial score (nSPS) is 16.7. The van der Waals surface area contributed by atoms with E-state index < -0.39 is 12.5 Å². The van der Waals surface area contributed by atoms with Gasteiger partial charge in [-0.3, -0.25) is 9.59 Å². The van der Waals surface area contributed by atoms with E-state index in [9.17, 15) is 18.4 Å². The molecule has 1 aromatic carbocycles. The maximum Gasteiger partial charge on any atom is 0.387 e. The van der Waals surface area contributed by atoms with E-state index in [0.29, 0.717) is 12.3 Å². The third-order valence-corrected chi connectivity index (χ3v) is 4.16. The lowest BCUT2D eigenvalue weighted by atomic mass is 10.1. The molecule has 0 aliphatic carbocycles. The molecular weight excluding hydrogens is 362 g/mol. The van der Waals surface area contributed by atoms with Crippen molar-refractivity contribution in [2.24, 2.45) is 5.92 Å². The van der Waals surface area contributed by atoms with Gasteiger partial charge in [-0.2, -0.15) is 8.78 Å². The number of alkyl halides is 2. The number of halogens is 2. The first-order valence-electron chi connectivity index (χ1n) is 8.20. The minimum Gasteiger partial charge on any atom is -0.493 e. The van der Waals surface area contributed by atoms with Crippen LogP contribution in [0.1, 0.15) is 12.2 Å². The van der Waals surface area contributed by atoms with Crippen molar-refractivity contribution in [2.75, 3.05) is 19.0 Å². The summed E-state index contributed by atoms with van der Waals surface area (Å²) in [7, 11) is 1.32. The predicted molar refractivity (Wildman–Crippen MR) is 90.5 cm³/mol. The highest BCUT2D eigenvalue weighted by atomic mass is 19.3. The molecule has 2 aromatic rings. The Morgan fingerprint density at radius 2 is 2.19 bits per heavy atom. The number of carbonyl (C=O) groups is 2. The van der Waals surface area contributed by atoms with Crippen molar-refractivity contribution < 1.29 is 32.3 Å². The van der Waals surface area contributed by atoms with Crippen molar-refractivity contribution in [3.8, 4) is 11.5 Å². The van der Waals surface area contributed by atoms with E-state index in [0.717, 1.165) is 0 Å². The minimum atomic E-state index is -3.02. The lowest BCUT2D eigenvalue weighted by Gasteiger charge is -2.16. The Balaban J connectivity index is 1.64. The van der Waals surface area contributed by atoms with E-state index >= 15 is 0 Å². The largest absolute Gasteiger partial charge is 0.493 e. The molecule has 1 fully saturated rings. The number of carbonyl (C=O) groups excluding carboxylic acids is 2. The number of furan rings is 1. The number of amides is 2. The van der Waals surface area contributed by atoms with Gasteiger partial charge < -0.3 is 24.1 Å². The van der Waals surface area contributed by atoms with E-state index in [2.05, 4.69) is 10.1 Å². The van der Waals surface area contributed by atoms with Gasteiger partial charge in [0.15, 0.2) is 11.5 Å². The van der Waals surface area contributed by atoms with E-state index in [1.165, 1.54) is 31.6 Å². The van der Waals surface area contributed by atoms with Crippen LogP contribution in [0, 0.1) is 5.92 Å². The highest BCUT2D eigenvalue weighted by Gasteiger charge is 2.34. The lowest BCUT2D eigenvalue weighted by Crippen LogP contribution is -2.27. The number of hydrogen-bond donors (Lipinski definition) is 1. The average molecular weight is 380 g/mol. The van der Waals surface area contributed by atoms with Crippen molar-refractivity contribution in [2.45, 2.75) is 19.6 Å². The van der Waals surface area contributed by atoms with Gasteiger partial charge in [0, 0.05) is 24.7 Å². The zero-order valence-electron chi connectivity index (χ0n) is 14.5. The van der Waals surface area contributed by atoms with E-state index in [1.54, 1.807) is 17.0 Å². The van der Waals surface area contributed by atoms with Gasteiger partial charge in [0.25, 0.3) is 0 Å². The molecule has 3 rings (SSSR count). The molecule has 1 aromatic heterocycles. The zero-order valence-corrected chi connectivity index (χ0v) is 14.5.